The maximum absolute atomic E-state index is 12.6. The van der Waals surface area contributed by atoms with Crippen LogP contribution in [-0.2, 0) is 4.74 Å². The van der Waals surface area contributed by atoms with Gasteiger partial charge in [0.1, 0.15) is 11.3 Å². The summed E-state index contributed by atoms with van der Waals surface area (Å²) in [5.41, 5.74) is -0.446. The van der Waals surface area contributed by atoms with Gasteiger partial charge in [0.15, 0.2) is 0 Å². The van der Waals surface area contributed by atoms with Crippen LogP contribution in [0.3, 0.4) is 0 Å². The number of hydrogen-bond acceptors (Lipinski definition) is 9. The Bertz CT molecular complexity index is 1010. The van der Waals surface area contributed by atoms with E-state index in [0.717, 1.165) is 26.4 Å². The largest absolute Gasteiger partial charge is 0.464 e. The van der Waals surface area contributed by atoms with Crippen molar-refractivity contribution in [1.82, 2.24) is 10.5 Å². The van der Waals surface area contributed by atoms with Crippen molar-refractivity contribution < 1.29 is 33.2 Å². The molecule has 1 N–H and O–H groups in total. The van der Waals surface area contributed by atoms with Gasteiger partial charge in [-0.1, -0.05) is 29.8 Å². The number of allylic oxidation sites excluding steroid dienone is 2. The lowest BCUT2D eigenvalue weighted by atomic mass is 10.00. The number of thioether (sulfide) groups is 1. The number of nitrogens with zero attached hydrogens (tertiary/aromatic N) is 1. The first-order valence-corrected chi connectivity index (χ1v) is 10.5. The number of carbonyl (C=O) groups excluding carboxylic acids is 4. The van der Waals surface area contributed by atoms with Crippen LogP contribution in [-0.4, -0.2) is 48.2 Å². The third-order valence-corrected chi connectivity index (χ3v) is 5.42. The number of ether oxygens (including phenoxy) is 2. The summed E-state index contributed by atoms with van der Waals surface area (Å²) in [5.74, 6) is -1.01. The molecule has 1 heterocycles. The summed E-state index contributed by atoms with van der Waals surface area (Å²) in [5, 5.41) is 6.17. The Balaban J connectivity index is 1.39. The lowest BCUT2D eigenvalue weighted by Crippen LogP contribution is -2.27. The summed E-state index contributed by atoms with van der Waals surface area (Å²) in [6.07, 6.45) is 2.99. The van der Waals surface area contributed by atoms with E-state index in [0.29, 0.717) is 18.0 Å². The predicted molar refractivity (Wildman–Crippen MR) is 111 cm³/mol. The third kappa shape index (κ3) is 5.60. The minimum atomic E-state index is -0.837. The van der Waals surface area contributed by atoms with Gasteiger partial charge in [0, 0.05) is 12.6 Å². The maximum Gasteiger partial charge on any atom is 0.412 e. The molecule has 0 unspecified atom stereocenters. The predicted octanol–water partition coefficient (Wildman–Crippen LogP) is 3.42. The molecule has 10 heteroatoms. The highest BCUT2D eigenvalue weighted by Crippen LogP contribution is 2.31. The number of aromatic nitrogens is 1. The van der Waals surface area contributed by atoms with Gasteiger partial charge in [0.2, 0.25) is 23.0 Å². The molecule has 0 bridgehead atoms. The monoisotopic (exact) mass is 444 g/mol. The van der Waals surface area contributed by atoms with E-state index < -0.39 is 23.6 Å². The van der Waals surface area contributed by atoms with Crippen LogP contribution in [0.5, 0.6) is 5.75 Å². The molecule has 1 aromatic carbocycles. The highest BCUT2D eigenvalue weighted by Gasteiger charge is 2.36. The molecule has 3 rings (SSSR count). The fraction of sp³-hybridized carbons (Fsp3) is 0.286. The number of ketones is 2. The fourth-order valence-electron chi connectivity index (χ4n) is 2.79. The van der Waals surface area contributed by atoms with Crippen molar-refractivity contribution in [2.75, 3.05) is 19.4 Å². The third-order valence-electron chi connectivity index (χ3n) is 4.31. The van der Waals surface area contributed by atoms with E-state index >= 15 is 0 Å². The minimum Gasteiger partial charge on any atom is -0.464 e. The molecule has 0 radical (unpaired) electrons. The number of amides is 1. The van der Waals surface area contributed by atoms with Crippen molar-refractivity contribution in [2.24, 2.45) is 0 Å². The number of benzene rings is 1. The number of fused-ring (bicyclic) bond motifs is 1. The molecule has 0 saturated carbocycles. The number of Topliss-reactive ketones (excluding diaryl/α,β-unsaturated/α-hetero) is 1. The van der Waals surface area contributed by atoms with Gasteiger partial charge in [-0.2, -0.15) is 0 Å². The maximum atomic E-state index is 12.6. The van der Waals surface area contributed by atoms with E-state index in [-0.39, 0.29) is 21.9 Å². The lowest BCUT2D eigenvalue weighted by Gasteiger charge is -2.10. The first-order chi connectivity index (χ1) is 15.0. The topological polar surface area (TPSA) is 125 Å². The highest BCUT2D eigenvalue weighted by molar-refractivity contribution is 8.04. The van der Waals surface area contributed by atoms with E-state index in [1.807, 2.05) is 6.07 Å². The smallest absolute Gasteiger partial charge is 0.412 e. The second-order valence-corrected chi connectivity index (χ2v) is 7.60. The quantitative estimate of drug-likeness (QED) is 0.457. The van der Waals surface area contributed by atoms with Gasteiger partial charge in [0.25, 0.3) is 0 Å². The molecule has 0 spiro atoms. The van der Waals surface area contributed by atoms with E-state index in [1.165, 1.54) is 17.8 Å². The van der Waals surface area contributed by atoms with Crippen LogP contribution in [0, 0.1) is 0 Å². The molecule has 1 aliphatic rings. The Morgan fingerprint density at radius 1 is 1.13 bits per heavy atom. The highest BCUT2D eigenvalue weighted by atomic mass is 32.2. The number of methoxy groups -OCH3 is 1. The van der Waals surface area contributed by atoms with Gasteiger partial charge >= 0.3 is 12.1 Å². The lowest BCUT2D eigenvalue weighted by molar-refractivity contribution is 0.0586. The molecule has 0 aliphatic heterocycles. The zero-order valence-corrected chi connectivity index (χ0v) is 17.5. The fourth-order valence-corrected chi connectivity index (χ4v) is 3.79. The average molecular weight is 444 g/mol. The number of esters is 1. The van der Waals surface area contributed by atoms with Crippen molar-refractivity contribution in [3.05, 3.63) is 58.3 Å². The molecule has 0 saturated heterocycles. The summed E-state index contributed by atoms with van der Waals surface area (Å²) in [6, 6.07) is 8.78. The van der Waals surface area contributed by atoms with Crippen LogP contribution in [0.15, 0.2) is 45.8 Å². The Labute approximate surface area is 182 Å². The molecule has 162 valence electrons. The van der Waals surface area contributed by atoms with Crippen molar-refractivity contribution in [1.29, 1.82) is 0 Å². The van der Waals surface area contributed by atoms with Crippen LogP contribution in [0.25, 0.3) is 0 Å². The zero-order valence-electron chi connectivity index (χ0n) is 16.7. The van der Waals surface area contributed by atoms with Crippen molar-refractivity contribution in [3.63, 3.8) is 0 Å². The minimum absolute atomic E-state index is 0.150. The molecule has 1 aromatic heterocycles. The summed E-state index contributed by atoms with van der Waals surface area (Å²) >= 11 is 1.23. The summed E-state index contributed by atoms with van der Waals surface area (Å²) in [4.78, 5) is 48.5. The summed E-state index contributed by atoms with van der Waals surface area (Å²) in [6.45, 7) is 0.461. The summed E-state index contributed by atoms with van der Waals surface area (Å²) in [7, 11) is 1.15. The number of carbonyl (C=O) groups is 4. The molecule has 2 aromatic rings. The molecule has 0 atom stereocenters. The Morgan fingerprint density at radius 3 is 2.65 bits per heavy atom. The number of para-hydroxylation sites is 1. The van der Waals surface area contributed by atoms with E-state index in [9.17, 15) is 19.2 Å². The first kappa shape index (κ1) is 22.3. The van der Waals surface area contributed by atoms with Crippen molar-refractivity contribution in [3.8, 4) is 5.75 Å². The van der Waals surface area contributed by atoms with Gasteiger partial charge in [0.05, 0.1) is 12.0 Å². The SMILES string of the molecule is COC(=O)c1noc2c1C(=O)C(SCCCCCNC(=O)Oc1ccccc1)=CC2=O. The van der Waals surface area contributed by atoms with Crippen LogP contribution in [0.4, 0.5) is 4.79 Å². The van der Waals surface area contributed by atoms with Gasteiger partial charge in [-0.15, -0.1) is 11.8 Å². The second kappa shape index (κ2) is 10.6. The average Bonchev–Trinajstić information content (AvgIpc) is 3.22. The Kier molecular flexibility index (Phi) is 7.60. The van der Waals surface area contributed by atoms with E-state index in [1.54, 1.807) is 24.3 Å². The molecule has 9 nitrogen and oxygen atoms in total. The van der Waals surface area contributed by atoms with Crippen molar-refractivity contribution >= 4 is 35.4 Å². The van der Waals surface area contributed by atoms with Gasteiger partial charge in [-0.25, -0.2) is 9.59 Å². The number of unbranched alkanes of at least 4 members (excludes halogenated alkanes) is 2. The Hall–Kier alpha value is -3.40. The van der Waals surface area contributed by atoms with Crippen LogP contribution >= 0.6 is 11.8 Å². The molecule has 1 aliphatic carbocycles. The number of rotatable bonds is 9. The first-order valence-electron chi connectivity index (χ1n) is 9.53. The summed E-state index contributed by atoms with van der Waals surface area (Å²) < 4.78 is 14.5. The molecule has 31 heavy (non-hydrogen) atoms. The van der Waals surface area contributed by atoms with Crippen molar-refractivity contribution in [2.45, 2.75) is 19.3 Å². The normalized spacial score (nSPS) is 12.7. The standard InChI is InChI=1S/C21H20N2O7S/c1-28-20(26)17-16-18(25)15(12-14(24)19(16)30-23-17)31-11-7-3-6-10-22-21(27)29-13-8-4-2-5-9-13/h2,4-5,8-9,12H,3,6-7,10-11H2,1H3,(H,22,27). The van der Waals surface area contributed by atoms with Gasteiger partial charge in [-0.3, -0.25) is 9.59 Å². The van der Waals surface area contributed by atoms with Gasteiger partial charge < -0.3 is 19.3 Å². The van der Waals surface area contributed by atoms with E-state index in [2.05, 4.69) is 15.2 Å². The van der Waals surface area contributed by atoms with Crippen LogP contribution in [0.1, 0.15) is 50.7 Å². The number of nitrogens with one attached hydrogen (secondary N) is 1. The number of hydrogen-bond donors (Lipinski definition) is 1. The zero-order chi connectivity index (χ0) is 22.2. The van der Waals surface area contributed by atoms with Crippen LogP contribution < -0.4 is 10.1 Å². The molecule has 1 amide bonds. The molecule has 0 fully saturated rings. The second-order valence-electron chi connectivity index (χ2n) is 6.47. The van der Waals surface area contributed by atoms with Crippen LogP contribution in [0.2, 0.25) is 0 Å². The Morgan fingerprint density at radius 2 is 1.90 bits per heavy atom. The van der Waals surface area contributed by atoms with Gasteiger partial charge in [-0.05, 0) is 30.7 Å². The molecular formula is C21H20N2O7S. The van der Waals surface area contributed by atoms with E-state index in [4.69, 9.17) is 9.26 Å². The molecular weight excluding hydrogens is 424 g/mol.